The Morgan fingerprint density at radius 2 is 1.49 bits per heavy atom. The molecule has 0 radical (unpaired) electrons. The maximum atomic E-state index is 6.89. The molecule has 1 aliphatic rings. The summed E-state index contributed by atoms with van der Waals surface area (Å²) in [7, 11) is 3.43. The van der Waals surface area contributed by atoms with E-state index in [1.165, 1.54) is 16.7 Å². The average Bonchev–Trinajstić information content (AvgIpc) is 3.55. The van der Waals surface area contributed by atoms with Crippen molar-refractivity contribution in [1.29, 1.82) is 0 Å². The number of halogens is 1. The highest BCUT2D eigenvalue weighted by Crippen LogP contribution is 2.40. The second-order valence-electron chi connectivity index (χ2n) is 11.0. The van der Waals surface area contributed by atoms with Gasteiger partial charge in [0.1, 0.15) is 11.5 Å². The molecule has 0 spiro atoms. The Labute approximate surface area is 260 Å². The summed E-state index contributed by atoms with van der Waals surface area (Å²) in [5, 5.41) is 0.721. The number of methoxy groups -OCH3 is 2. The lowest BCUT2D eigenvalue weighted by atomic mass is 9.93. The molecule has 1 heterocycles. The molecule has 0 bridgehead atoms. The van der Waals surface area contributed by atoms with Crippen LogP contribution in [-0.4, -0.2) is 39.6 Å². The quantitative estimate of drug-likeness (QED) is 0.130. The zero-order valence-electron chi connectivity index (χ0n) is 25.1. The van der Waals surface area contributed by atoms with Crippen LogP contribution in [-0.2, 0) is 46.7 Å². The fourth-order valence-corrected chi connectivity index (χ4v) is 5.85. The molecule has 0 aromatic heterocycles. The van der Waals surface area contributed by atoms with Crippen LogP contribution < -0.4 is 9.47 Å². The van der Waals surface area contributed by atoms with E-state index in [9.17, 15) is 0 Å². The summed E-state index contributed by atoms with van der Waals surface area (Å²) in [6.07, 6.45) is 3.96. The summed E-state index contributed by atoms with van der Waals surface area (Å²) < 4.78 is 29.8. The molecule has 5 rings (SSSR count). The van der Waals surface area contributed by atoms with E-state index in [1.54, 1.807) is 14.2 Å². The predicted molar refractivity (Wildman–Crippen MR) is 171 cm³/mol. The largest absolute Gasteiger partial charge is 0.497 e. The van der Waals surface area contributed by atoms with Gasteiger partial charge in [-0.2, -0.15) is 0 Å². The van der Waals surface area contributed by atoms with Gasteiger partial charge < -0.3 is 23.7 Å². The monoisotopic (exact) mass is 600 g/mol. The van der Waals surface area contributed by atoms with Gasteiger partial charge in [0.05, 0.1) is 50.8 Å². The molecule has 0 aliphatic carbocycles. The number of hydrogen-bond donors (Lipinski definition) is 0. The lowest BCUT2D eigenvalue weighted by molar-refractivity contribution is -0.0467. The maximum Gasteiger partial charge on any atom is 0.141 e. The zero-order chi connectivity index (χ0) is 29.9. The van der Waals surface area contributed by atoms with Gasteiger partial charge in [0.25, 0.3) is 0 Å². The van der Waals surface area contributed by atoms with E-state index in [4.69, 9.17) is 35.3 Å². The number of fused-ring (bicyclic) bond motifs is 1. The van der Waals surface area contributed by atoms with Crippen molar-refractivity contribution in [1.82, 2.24) is 0 Å². The molecule has 0 fully saturated rings. The van der Waals surface area contributed by atoms with E-state index >= 15 is 0 Å². The van der Waals surface area contributed by atoms with Crippen molar-refractivity contribution in [2.24, 2.45) is 0 Å². The van der Waals surface area contributed by atoms with Gasteiger partial charge in [-0.15, -0.1) is 0 Å². The Hall–Kier alpha value is -3.35. The molecule has 0 amide bonds. The van der Waals surface area contributed by atoms with Crippen molar-refractivity contribution in [2.45, 2.75) is 57.5 Å². The third kappa shape index (κ3) is 8.84. The third-order valence-electron chi connectivity index (χ3n) is 7.98. The molecule has 2 atom stereocenters. The van der Waals surface area contributed by atoms with Gasteiger partial charge in [0.15, 0.2) is 0 Å². The number of aryl methyl sites for hydroxylation is 1. The molecular formula is C37H41ClO5. The minimum atomic E-state index is -0.0746. The molecule has 0 saturated heterocycles. The fraction of sp³-hybridized carbons (Fsp3) is 0.351. The van der Waals surface area contributed by atoms with Crippen LogP contribution in [0.3, 0.4) is 0 Å². The summed E-state index contributed by atoms with van der Waals surface area (Å²) in [5.74, 6) is 1.68. The molecule has 1 aliphatic heterocycles. The number of rotatable bonds is 16. The molecule has 43 heavy (non-hydrogen) atoms. The fourth-order valence-electron chi connectivity index (χ4n) is 5.56. The van der Waals surface area contributed by atoms with Crippen molar-refractivity contribution in [2.75, 3.05) is 27.4 Å². The van der Waals surface area contributed by atoms with E-state index in [2.05, 4.69) is 42.5 Å². The Balaban J connectivity index is 1.28. The van der Waals surface area contributed by atoms with Crippen molar-refractivity contribution in [3.05, 3.63) is 129 Å². The van der Waals surface area contributed by atoms with Gasteiger partial charge in [0, 0.05) is 25.5 Å². The highest BCUT2D eigenvalue weighted by atomic mass is 35.5. The molecule has 4 aromatic carbocycles. The lowest BCUT2D eigenvalue weighted by Gasteiger charge is -2.24. The Morgan fingerprint density at radius 1 is 0.791 bits per heavy atom. The van der Waals surface area contributed by atoms with Crippen LogP contribution in [0, 0.1) is 0 Å². The topological polar surface area (TPSA) is 46.2 Å². The molecule has 2 unspecified atom stereocenters. The van der Waals surface area contributed by atoms with Crippen LogP contribution >= 0.6 is 11.6 Å². The van der Waals surface area contributed by atoms with Gasteiger partial charge in [-0.1, -0.05) is 90.5 Å². The average molecular weight is 601 g/mol. The summed E-state index contributed by atoms with van der Waals surface area (Å²) in [4.78, 5) is 0. The molecular weight excluding hydrogens is 560 g/mol. The van der Waals surface area contributed by atoms with E-state index in [0.717, 1.165) is 65.3 Å². The number of ether oxygens (including phenoxy) is 5. The molecule has 226 valence electrons. The normalized spacial score (nSPS) is 13.7. The zero-order valence-corrected chi connectivity index (χ0v) is 25.9. The minimum absolute atomic E-state index is 0.0100. The first-order chi connectivity index (χ1) is 21.1. The van der Waals surface area contributed by atoms with Gasteiger partial charge in [-0.3, -0.25) is 0 Å². The van der Waals surface area contributed by atoms with Gasteiger partial charge in [0.2, 0.25) is 0 Å². The SMILES string of the molecule is COc1ccc(Cc2cc(CCC(CC(COCc3ccccc3)OC)OCc3ccccc3)c3c(c2Cl)OCC3)cc1. The van der Waals surface area contributed by atoms with E-state index < -0.39 is 0 Å². The molecule has 6 heteroatoms. The van der Waals surface area contributed by atoms with Crippen LogP contribution in [0.4, 0.5) is 0 Å². The van der Waals surface area contributed by atoms with Crippen molar-refractivity contribution in [3.8, 4) is 11.5 Å². The van der Waals surface area contributed by atoms with Crippen molar-refractivity contribution in [3.63, 3.8) is 0 Å². The van der Waals surface area contributed by atoms with Gasteiger partial charge >= 0.3 is 0 Å². The number of benzene rings is 4. The number of hydrogen-bond acceptors (Lipinski definition) is 5. The first-order valence-electron chi connectivity index (χ1n) is 15.0. The summed E-state index contributed by atoms with van der Waals surface area (Å²) in [6, 6.07) is 30.9. The standard InChI is InChI=1S/C37H41ClO5/c1-39-32-16-13-27(14-17-32)21-31-22-30(35-19-20-42-37(35)36(31)38)15-18-33(43-25-29-11-7-4-8-12-29)23-34(40-2)26-41-24-28-9-5-3-6-10-28/h3-14,16-17,22,33-34H,15,18-21,23-26H2,1-2H3. The molecule has 0 saturated carbocycles. The second-order valence-corrected chi connectivity index (χ2v) is 11.4. The van der Waals surface area contributed by atoms with Gasteiger partial charge in [-0.05, 0) is 59.2 Å². The minimum Gasteiger partial charge on any atom is -0.497 e. The second kappa shape index (κ2) is 15.9. The van der Waals surface area contributed by atoms with Crippen LogP contribution in [0.2, 0.25) is 5.02 Å². The predicted octanol–water partition coefficient (Wildman–Crippen LogP) is 8.01. The van der Waals surface area contributed by atoms with Gasteiger partial charge in [-0.25, -0.2) is 0 Å². The first kappa shape index (κ1) is 31.1. The Morgan fingerprint density at radius 3 is 2.16 bits per heavy atom. The van der Waals surface area contributed by atoms with Crippen LogP contribution in [0.5, 0.6) is 11.5 Å². The van der Waals surface area contributed by atoms with Crippen molar-refractivity contribution >= 4 is 11.6 Å². The smallest absolute Gasteiger partial charge is 0.141 e. The third-order valence-corrected chi connectivity index (χ3v) is 8.40. The first-order valence-corrected chi connectivity index (χ1v) is 15.4. The molecule has 5 nitrogen and oxygen atoms in total. The van der Waals surface area contributed by atoms with E-state index in [-0.39, 0.29) is 12.2 Å². The lowest BCUT2D eigenvalue weighted by Crippen LogP contribution is -2.27. The Bertz CT molecular complexity index is 1410. The van der Waals surface area contributed by atoms with Crippen LogP contribution in [0.15, 0.2) is 91.0 Å². The summed E-state index contributed by atoms with van der Waals surface area (Å²) in [5.41, 5.74) is 7.06. The highest BCUT2D eigenvalue weighted by molar-refractivity contribution is 6.33. The van der Waals surface area contributed by atoms with Crippen LogP contribution in [0.1, 0.15) is 46.2 Å². The molecule has 0 N–H and O–H groups in total. The highest BCUT2D eigenvalue weighted by Gasteiger charge is 2.24. The van der Waals surface area contributed by atoms with E-state index in [1.807, 2.05) is 48.5 Å². The van der Waals surface area contributed by atoms with Crippen molar-refractivity contribution < 1.29 is 23.7 Å². The maximum absolute atomic E-state index is 6.89. The Kier molecular flexibility index (Phi) is 11.5. The van der Waals surface area contributed by atoms with Crippen LogP contribution in [0.25, 0.3) is 0 Å². The molecule has 4 aromatic rings. The summed E-state index contributed by atoms with van der Waals surface area (Å²) >= 11 is 6.89. The van der Waals surface area contributed by atoms with E-state index in [0.29, 0.717) is 26.4 Å². The summed E-state index contributed by atoms with van der Waals surface area (Å²) in [6.45, 7) is 2.28.